The minimum absolute atomic E-state index is 0.367. The Morgan fingerprint density at radius 2 is 1.64 bits per heavy atom. The Balaban J connectivity index is 3.91. The van der Waals surface area contributed by atoms with Crippen LogP contribution in [0.25, 0.3) is 0 Å². The van der Waals surface area contributed by atoms with E-state index in [2.05, 4.69) is 13.8 Å². The summed E-state index contributed by atoms with van der Waals surface area (Å²) in [6.45, 7) is 7.48. The fourth-order valence-electron chi connectivity index (χ4n) is 1.71. The van der Waals surface area contributed by atoms with Crippen molar-refractivity contribution in [3.8, 4) is 0 Å². The zero-order chi connectivity index (χ0) is 17.4. The zero-order valence-corrected chi connectivity index (χ0v) is 16.5. The molecule has 3 N–H and O–H groups in total. The SMILES string of the molecule is CC(C)CCS(=O)CCCS(=O)CCC(C)(C)OP(N)(=O)O. The van der Waals surface area contributed by atoms with Gasteiger partial charge < -0.3 is 4.89 Å². The maximum atomic E-state index is 11.9. The van der Waals surface area contributed by atoms with Crippen molar-refractivity contribution in [3.63, 3.8) is 0 Å². The molecule has 0 heterocycles. The molecule has 0 aliphatic heterocycles. The molecular formula is C13H30NO5PS2. The van der Waals surface area contributed by atoms with Crippen LogP contribution in [-0.2, 0) is 30.7 Å². The van der Waals surface area contributed by atoms with E-state index in [4.69, 9.17) is 14.9 Å². The molecule has 134 valence electrons. The third kappa shape index (κ3) is 14.0. The van der Waals surface area contributed by atoms with Gasteiger partial charge in [-0.05, 0) is 39.0 Å². The van der Waals surface area contributed by atoms with Crippen molar-refractivity contribution >= 4 is 29.3 Å². The number of rotatable bonds is 12. The van der Waals surface area contributed by atoms with Gasteiger partial charge in [0.25, 0.3) is 0 Å². The van der Waals surface area contributed by atoms with Crippen LogP contribution in [0.5, 0.6) is 0 Å². The molecular weight excluding hydrogens is 345 g/mol. The second-order valence-corrected chi connectivity index (χ2v) is 11.1. The second kappa shape index (κ2) is 10.3. The van der Waals surface area contributed by atoms with Crippen LogP contribution in [0.15, 0.2) is 0 Å². The lowest BCUT2D eigenvalue weighted by Gasteiger charge is -2.25. The summed E-state index contributed by atoms with van der Waals surface area (Å²) in [6, 6.07) is 0. The first-order valence-corrected chi connectivity index (χ1v) is 12.1. The van der Waals surface area contributed by atoms with E-state index >= 15 is 0 Å². The quantitative estimate of drug-likeness (QED) is 0.506. The van der Waals surface area contributed by atoms with Crippen molar-refractivity contribution in [1.82, 2.24) is 0 Å². The summed E-state index contributed by atoms with van der Waals surface area (Å²) >= 11 is 0. The smallest absolute Gasteiger partial charge is 0.313 e. The third-order valence-corrected chi connectivity index (χ3v) is 6.57. The summed E-state index contributed by atoms with van der Waals surface area (Å²) in [7, 11) is -5.92. The Morgan fingerprint density at radius 3 is 2.09 bits per heavy atom. The van der Waals surface area contributed by atoms with Gasteiger partial charge in [0.05, 0.1) is 5.60 Å². The van der Waals surface area contributed by atoms with E-state index < -0.39 is 34.9 Å². The summed E-state index contributed by atoms with van der Waals surface area (Å²) in [5, 5.41) is 0. The molecule has 22 heavy (non-hydrogen) atoms. The standard InChI is InChI=1S/C13H30NO5PS2/c1-12(2)6-10-21(17)8-5-9-22(18)11-7-13(3,4)19-20(14,15)16/h12H,5-11H2,1-4H3,(H3,14,15,16). The molecule has 0 aromatic heterocycles. The lowest BCUT2D eigenvalue weighted by atomic mass is 10.1. The zero-order valence-electron chi connectivity index (χ0n) is 13.9. The molecule has 0 aromatic rings. The molecule has 0 aliphatic carbocycles. The minimum Gasteiger partial charge on any atom is -0.313 e. The normalized spacial score (nSPS) is 18.1. The Kier molecular flexibility index (Phi) is 10.5. The van der Waals surface area contributed by atoms with Crippen molar-refractivity contribution in [1.29, 1.82) is 0 Å². The molecule has 6 nitrogen and oxygen atoms in total. The van der Waals surface area contributed by atoms with E-state index in [1.807, 2.05) is 0 Å². The van der Waals surface area contributed by atoms with Crippen LogP contribution in [0.1, 0.15) is 47.0 Å². The highest BCUT2D eigenvalue weighted by molar-refractivity contribution is 7.85. The molecule has 3 atom stereocenters. The van der Waals surface area contributed by atoms with Gasteiger partial charge in [-0.2, -0.15) is 0 Å². The highest BCUT2D eigenvalue weighted by Crippen LogP contribution is 2.38. The van der Waals surface area contributed by atoms with Crippen molar-refractivity contribution in [2.45, 2.75) is 52.6 Å². The first-order chi connectivity index (χ1) is 9.91. The first kappa shape index (κ1) is 22.4. The van der Waals surface area contributed by atoms with Gasteiger partial charge in [-0.3, -0.25) is 12.9 Å². The van der Waals surface area contributed by atoms with Crippen LogP contribution in [0.4, 0.5) is 0 Å². The summed E-state index contributed by atoms with van der Waals surface area (Å²) in [4.78, 5) is 9.01. The Morgan fingerprint density at radius 1 is 1.14 bits per heavy atom. The van der Waals surface area contributed by atoms with Crippen LogP contribution in [-0.4, -0.2) is 41.9 Å². The van der Waals surface area contributed by atoms with Crippen molar-refractivity contribution < 1.29 is 22.4 Å². The molecule has 0 bridgehead atoms. The maximum Gasteiger partial charge on any atom is 0.400 e. The molecule has 0 spiro atoms. The average Bonchev–Trinajstić information content (AvgIpc) is 2.31. The number of hydrogen-bond donors (Lipinski definition) is 2. The largest absolute Gasteiger partial charge is 0.400 e. The molecule has 0 fully saturated rings. The lowest BCUT2D eigenvalue weighted by molar-refractivity contribution is 0.0896. The molecule has 0 saturated heterocycles. The van der Waals surface area contributed by atoms with Gasteiger partial charge in [0.1, 0.15) is 0 Å². The Labute approximate surface area is 139 Å². The third-order valence-electron chi connectivity index (χ3n) is 2.98. The van der Waals surface area contributed by atoms with Gasteiger partial charge in [0, 0.05) is 44.6 Å². The Hall–Kier alpha value is 0.410. The fourth-order valence-corrected chi connectivity index (χ4v) is 5.49. The summed E-state index contributed by atoms with van der Waals surface area (Å²) in [6.07, 6.45) is 1.98. The van der Waals surface area contributed by atoms with Crippen LogP contribution < -0.4 is 5.50 Å². The molecule has 0 amide bonds. The predicted molar refractivity (Wildman–Crippen MR) is 93.6 cm³/mol. The number of hydrogen-bond acceptors (Lipinski definition) is 4. The highest BCUT2D eigenvalue weighted by atomic mass is 32.2. The molecule has 0 aromatic carbocycles. The molecule has 0 saturated carbocycles. The van der Waals surface area contributed by atoms with E-state index in [-0.39, 0.29) is 0 Å². The highest BCUT2D eigenvalue weighted by Gasteiger charge is 2.27. The van der Waals surface area contributed by atoms with E-state index in [1.54, 1.807) is 13.8 Å². The fraction of sp³-hybridized carbons (Fsp3) is 1.00. The van der Waals surface area contributed by atoms with Crippen molar-refractivity contribution in [2.75, 3.05) is 23.0 Å². The van der Waals surface area contributed by atoms with Crippen LogP contribution >= 0.6 is 7.75 Å². The average molecular weight is 375 g/mol. The van der Waals surface area contributed by atoms with E-state index in [9.17, 15) is 13.0 Å². The molecule has 0 radical (unpaired) electrons. The molecule has 3 unspecified atom stereocenters. The summed E-state index contributed by atoms with van der Waals surface area (Å²) in [5.74, 6) is 2.68. The van der Waals surface area contributed by atoms with Crippen LogP contribution in [0.3, 0.4) is 0 Å². The maximum absolute atomic E-state index is 11.9. The van der Waals surface area contributed by atoms with Gasteiger partial charge in [0.2, 0.25) is 0 Å². The monoisotopic (exact) mass is 375 g/mol. The Bertz CT molecular complexity index is 423. The van der Waals surface area contributed by atoms with Crippen LogP contribution in [0.2, 0.25) is 0 Å². The van der Waals surface area contributed by atoms with Crippen molar-refractivity contribution in [3.05, 3.63) is 0 Å². The van der Waals surface area contributed by atoms with Gasteiger partial charge in [-0.25, -0.2) is 10.1 Å². The van der Waals surface area contributed by atoms with Gasteiger partial charge in [-0.15, -0.1) is 0 Å². The van der Waals surface area contributed by atoms with Crippen molar-refractivity contribution in [2.24, 2.45) is 11.4 Å². The van der Waals surface area contributed by atoms with E-state index in [0.29, 0.717) is 41.8 Å². The first-order valence-electron chi connectivity index (χ1n) is 7.43. The second-order valence-electron chi connectivity index (χ2n) is 6.40. The van der Waals surface area contributed by atoms with Crippen LogP contribution in [0, 0.1) is 5.92 Å². The lowest BCUT2D eigenvalue weighted by Crippen LogP contribution is -2.27. The van der Waals surface area contributed by atoms with Gasteiger partial charge in [-0.1, -0.05) is 13.8 Å². The molecule has 0 rings (SSSR count). The van der Waals surface area contributed by atoms with E-state index in [0.717, 1.165) is 6.42 Å². The summed E-state index contributed by atoms with van der Waals surface area (Å²) in [5.41, 5.74) is 4.08. The molecule has 0 aliphatic rings. The number of nitrogens with two attached hydrogens (primary N) is 1. The van der Waals surface area contributed by atoms with E-state index in [1.165, 1.54) is 0 Å². The van der Waals surface area contributed by atoms with Gasteiger partial charge >= 0.3 is 7.75 Å². The topological polar surface area (TPSA) is 107 Å². The van der Waals surface area contributed by atoms with Gasteiger partial charge in [0.15, 0.2) is 0 Å². The minimum atomic E-state index is -4.04. The predicted octanol–water partition coefficient (Wildman–Crippen LogP) is 2.16. The molecule has 9 heteroatoms. The summed E-state index contributed by atoms with van der Waals surface area (Å²) < 4.78 is 39.5.